The van der Waals surface area contributed by atoms with E-state index in [1.807, 2.05) is 13.0 Å². The first-order chi connectivity index (χ1) is 14.3. The van der Waals surface area contributed by atoms with Crippen molar-refractivity contribution in [2.45, 2.75) is 71.8 Å². The van der Waals surface area contributed by atoms with Gasteiger partial charge in [-0.1, -0.05) is 31.1 Å². The Morgan fingerprint density at radius 1 is 1.23 bits per heavy atom. The number of rotatable bonds is 11. The lowest BCUT2D eigenvalue weighted by Gasteiger charge is -2.24. The van der Waals surface area contributed by atoms with Gasteiger partial charge in [0.2, 0.25) is 0 Å². The van der Waals surface area contributed by atoms with Gasteiger partial charge in [0.1, 0.15) is 11.9 Å². The number of hydrogen-bond donors (Lipinski definition) is 1. The fourth-order valence-electron chi connectivity index (χ4n) is 2.93. The van der Waals surface area contributed by atoms with Crippen LogP contribution < -0.4 is 0 Å². The lowest BCUT2D eigenvalue weighted by molar-refractivity contribution is -0.156. The molecule has 1 aliphatic rings. The van der Waals surface area contributed by atoms with Crippen molar-refractivity contribution in [3.63, 3.8) is 0 Å². The molecule has 2 atom stereocenters. The molecule has 1 heterocycles. The Hall–Kier alpha value is -2.70. The molecule has 0 aromatic carbocycles. The topological polar surface area (TPSA) is 102 Å². The number of aliphatic hydroxyl groups is 1. The zero-order chi connectivity index (χ0) is 22.5. The van der Waals surface area contributed by atoms with Crippen LogP contribution in [0.1, 0.15) is 65.7 Å². The van der Waals surface area contributed by atoms with Gasteiger partial charge in [-0.15, -0.1) is 0 Å². The molecule has 1 aliphatic heterocycles. The zero-order valence-electron chi connectivity index (χ0n) is 18.3. The van der Waals surface area contributed by atoms with Crippen LogP contribution >= 0.6 is 0 Å². The third-order valence-corrected chi connectivity index (χ3v) is 4.79. The summed E-state index contributed by atoms with van der Waals surface area (Å²) < 4.78 is 9.73. The number of aliphatic hydroxyl groups excluding tert-OH is 1. The summed E-state index contributed by atoms with van der Waals surface area (Å²) >= 11 is 0. The molecule has 7 heteroatoms. The number of carbonyl (C=O) groups is 3. The monoisotopic (exact) mass is 419 g/mol. The second kappa shape index (κ2) is 13.5. The third-order valence-electron chi connectivity index (χ3n) is 4.79. The van der Waals surface area contributed by atoms with Gasteiger partial charge in [0, 0.05) is 6.21 Å². The van der Waals surface area contributed by atoms with Gasteiger partial charge in [0.25, 0.3) is 0 Å². The van der Waals surface area contributed by atoms with E-state index in [-0.39, 0.29) is 5.76 Å². The van der Waals surface area contributed by atoms with E-state index in [2.05, 4.69) is 16.7 Å². The fraction of sp³-hybridized carbons (Fsp3) is 0.565. The van der Waals surface area contributed by atoms with Crippen LogP contribution in [0.3, 0.4) is 0 Å². The maximum atomic E-state index is 12.6. The molecule has 0 aromatic heterocycles. The van der Waals surface area contributed by atoms with Gasteiger partial charge in [-0.2, -0.15) is 4.99 Å². The van der Waals surface area contributed by atoms with Crippen LogP contribution in [0.4, 0.5) is 4.79 Å². The first-order valence-electron chi connectivity index (χ1n) is 10.4. The van der Waals surface area contributed by atoms with Crippen molar-refractivity contribution in [1.82, 2.24) is 0 Å². The fourth-order valence-corrected chi connectivity index (χ4v) is 2.93. The van der Waals surface area contributed by atoms with Gasteiger partial charge < -0.3 is 14.6 Å². The van der Waals surface area contributed by atoms with E-state index >= 15 is 0 Å². The Morgan fingerprint density at radius 3 is 2.60 bits per heavy atom. The van der Waals surface area contributed by atoms with Gasteiger partial charge in [0.15, 0.2) is 11.7 Å². The number of carbonyl (C=O) groups excluding carboxylic acids is 3. The SMILES string of the molecule is CCCC/C(C)=C/C=C(\C)C(=O)C1C(=O)OC(CCCC/C=N/C(=O)OC)C=C1O. The molecule has 166 valence electrons. The highest BCUT2D eigenvalue weighted by atomic mass is 16.5. The van der Waals surface area contributed by atoms with Crippen molar-refractivity contribution in [2.24, 2.45) is 10.9 Å². The molecular formula is C23H33NO6. The number of nitrogens with zero attached hydrogens (tertiary/aromatic N) is 1. The van der Waals surface area contributed by atoms with E-state index in [0.717, 1.165) is 31.3 Å². The van der Waals surface area contributed by atoms with E-state index in [1.54, 1.807) is 13.0 Å². The molecule has 0 saturated carbocycles. The molecule has 0 fully saturated rings. The normalized spacial score (nSPS) is 20.1. The molecule has 1 rings (SSSR count). The lowest BCUT2D eigenvalue weighted by atomic mass is 9.92. The predicted octanol–water partition coefficient (Wildman–Crippen LogP) is 5.02. The predicted molar refractivity (Wildman–Crippen MR) is 115 cm³/mol. The van der Waals surface area contributed by atoms with E-state index in [4.69, 9.17) is 4.74 Å². The van der Waals surface area contributed by atoms with E-state index < -0.39 is 29.9 Å². The average molecular weight is 420 g/mol. The summed E-state index contributed by atoms with van der Waals surface area (Å²) in [6, 6.07) is 0. The molecule has 0 bridgehead atoms. The smallest absolute Gasteiger partial charge is 0.432 e. The van der Waals surface area contributed by atoms with Crippen LogP contribution in [0.2, 0.25) is 0 Å². The van der Waals surface area contributed by atoms with Crippen molar-refractivity contribution in [2.75, 3.05) is 7.11 Å². The second-order valence-electron chi connectivity index (χ2n) is 7.40. The minimum Gasteiger partial charge on any atom is -0.511 e. The summed E-state index contributed by atoms with van der Waals surface area (Å²) in [4.78, 5) is 39.4. The number of hydrogen-bond acceptors (Lipinski definition) is 6. The molecule has 2 unspecified atom stereocenters. The molecule has 0 radical (unpaired) electrons. The molecule has 0 spiro atoms. The third kappa shape index (κ3) is 8.76. The van der Waals surface area contributed by atoms with Gasteiger partial charge in [-0.25, -0.2) is 4.79 Å². The lowest BCUT2D eigenvalue weighted by Crippen LogP contribution is -2.35. The summed E-state index contributed by atoms with van der Waals surface area (Å²) in [6.45, 7) is 5.75. The molecule has 0 aromatic rings. The van der Waals surface area contributed by atoms with Crippen molar-refractivity contribution in [1.29, 1.82) is 0 Å². The van der Waals surface area contributed by atoms with Gasteiger partial charge >= 0.3 is 12.1 Å². The van der Waals surface area contributed by atoms with Crippen LogP contribution in [0.15, 0.2) is 40.1 Å². The molecule has 0 aliphatic carbocycles. The Kier molecular flexibility index (Phi) is 11.4. The number of amides is 1. The quantitative estimate of drug-likeness (QED) is 0.126. The van der Waals surface area contributed by atoms with Crippen molar-refractivity contribution in [3.8, 4) is 0 Å². The zero-order valence-corrected chi connectivity index (χ0v) is 18.3. The minimum atomic E-state index is -1.30. The molecule has 0 saturated heterocycles. The van der Waals surface area contributed by atoms with Crippen molar-refractivity contribution >= 4 is 24.1 Å². The van der Waals surface area contributed by atoms with Crippen LogP contribution in [0.25, 0.3) is 0 Å². The number of ether oxygens (including phenoxy) is 2. The van der Waals surface area contributed by atoms with E-state index in [0.29, 0.717) is 24.8 Å². The standard InChI is InChI=1S/C23H33NO6/c1-5-6-10-16(2)12-13-17(3)21(26)20-19(25)15-18(30-22(20)27)11-8-7-9-14-24-23(28)29-4/h12-15,18,20,25H,5-11H2,1-4H3/b16-12+,17-13+,24-14+. The van der Waals surface area contributed by atoms with Gasteiger partial charge in [0.05, 0.1) is 7.11 Å². The first-order valence-corrected chi connectivity index (χ1v) is 10.4. The first kappa shape index (κ1) is 25.3. The van der Waals surface area contributed by atoms with E-state index in [1.165, 1.54) is 19.4 Å². The number of aliphatic imine (C=N–C) groups is 1. The Bertz CT molecular complexity index is 732. The molecule has 1 N–H and O–H groups in total. The highest BCUT2D eigenvalue weighted by molar-refractivity contribution is 6.10. The number of methoxy groups -OCH3 is 1. The van der Waals surface area contributed by atoms with Gasteiger partial charge in [-0.05, 0) is 64.0 Å². The van der Waals surface area contributed by atoms with Crippen LogP contribution in [0.5, 0.6) is 0 Å². The Morgan fingerprint density at radius 2 is 1.97 bits per heavy atom. The largest absolute Gasteiger partial charge is 0.511 e. The highest BCUT2D eigenvalue weighted by Gasteiger charge is 2.37. The summed E-state index contributed by atoms with van der Waals surface area (Å²) in [5.41, 5.74) is 1.56. The van der Waals surface area contributed by atoms with Crippen molar-refractivity contribution < 1.29 is 29.0 Å². The van der Waals surface area contributed by atoms with E-state index in [9.17, 15) is 19.5 Å². The van der Waals surface area contributed by atoms with Crippen LogP contribution in [-0.2, 0) is 19.1 Å². The summed E-state index contributed by atoms with van der Waals surface area (Å²) in [7, 11) is 1.26. The number of cyclic esters (lactones) is 1. The Balaban J connectivity index is 2.61. The number of esters is 1. The summed E-state index contributed by atoms with van der Waals surface area (Å²) in [5, 5.41) is 10.3. The number of Topliss-reactive ketones (excluding diaryl/α,β-unsaturated/α-hetero) is 1. The average Bonchev–Trinajstić information content (AvgIpc) is 2.71. The summed E-state index contributed by atoms with van der Waals surface area (Å²) in [5.74, 6) is -2.73. The Labute approximate surface area is 178 Å². The summed E-state index contributed by atoms with van der Waals surface area (Å²) in [6.07, 6.45) is 10.9. The maximum absolute atomic E-state index is 12.6. The second-order valence-corrected chi connectivity index (χ2v) is 7.40. The molecule has 7 nitrogen and oxygen atoms in total. The molecule has 1 amide bonds. The number of unbranched alkanes of at least 4 members (excludes halogenated alkanes) is 3. The van der Waals surface area contributed by atoms with Crippen LogP contribution in [-0.4, -0.2) is 42.4 Å². The minimum absolute atomic E-state index is 0.257. The number of allylic oxidation sites excluding steroid dienone is 4. The highest BCUT2D eigenvalue weighted by Crippen LogP contribution is 2.25. The number of ketones is 1. The van der Waals surface area contributed by atoms with Crippen molar-refractivity contribution in [3.05, 3.63) is 35.1 Å². The van der Waals surface area contributed by atoms with Crippen LogP contribution in [0, 0.1) is 5.92 Å². The molecule has 30 heavy (non-hydrogen) atoms. The molecular weight excluding hydrogens is 386 g/mol. The maximum Gasteiger partial charge on any atom is 0.432 e. The van der Waals surface area contributed by atoms with Gasteiger partial charge in [-0.3, -0.25) is 9.59 Å².